The first kappa shape index (κ1) is 29.9. The first-order chi connectivity index (χ1) is 21.2. The fourth-order valence-electron chi connectivity index (χ4n) is 5.78. The molecule has 2 aliphatic heterocycles. The number of carbonyl (C=O) groups excluding carboxylic acids is 1. The van der Waals surface area contributed by atoms with Crippen molar-refractivity contribution >= 4 is 46.8 Å². The van der Waals surface area contributed by atoms with E-state index in [9.17, 15) is 19.6 Å². The molecule has 1 aliphatic carbocycles. The molecule has 1 saturated carbocycles. The van der Waals surface area contributed by atoms with Gasteiger partial charge in [0.25, 0.3) is 5.91 Å². The Hall–Kier alpha value is -4.12. The fourth-order valence-corrected chi connectivity index (χ4v) is 6.63. The average Bonchev–Trinajstić information content (AvgIpc) is 3.70. The monoisotopic (exact) mass is 618 g/mol. The summed E-state index contributed by atoms with van der Waals surface area (Å²) in [5.41, 5.74) is 1.61. The number of anilines is 2. The third kappa shape index (κ3) is 5.72. The molecule has 3 aromatic rings. The van der Waals surface area contributed by atoms with Crippen LogP contribution in [-0.2, 0) is 9.53 Å². The van der Waals surface area contributed by atoms with Gasteiger partial charge >= 0.3 is 0 Å². The summed E-state index contributed by atoms with van der Waals surface area (Å²) in [5, 5.41) is 26.2. The standard InChI is InChI=1S/C31H35FN8O3S/c1-20(38-12-14-39(15-13-38)29(41)31(42)10-16-43-17-11-31)18-24-27(34-2)36-40(23-8-9-23)28(24)37(3)30-35-26(25(19-33)44-30)21-4-6-22(32)7-5-21/h4-7,18,23,42H,2,8-17H2,1,3H3/b20-18+. The van der Waals surface area contributed by atoms with Gasteiger partial charge in [-0.05, 0) is 56.8 Å². The zero-order chi connectivity index (χ0) is 31.0. The second-order valence-electron chi connectivity index (χ2n) is 11.5. The second-order valence-corrected chi connectivity index (χ2v) is 12.4. The zero-order valence-electron chi connectivity index (χ0n) is 24.9. The fraction of sp³-hybridized carbons (Fsp3) is 0.452. The van der Waals surface area contributed by atoms with Crippen molar-refractivity contribution in [3.8, 4) is 17.3 Å². The van der Waals surface area contributed by atoms with Crippen LogP contribution in [0.25, 0.3) is 17.3 Å². The molecule has 6 rings (SSSR count). The lowest BCUT2D eigenvalue weighted by Crippen LogP contribution is -2.57. The van der Waals surface area contributed by atoms with E-state index < -0.39 is 5.60 Å². The number of nitriles is 1. The Kier molecular flexibility index (Phi) is 8.24. The predicted molar refractivity (Wildman–Crippen MR) is 167 cm³/mol. The van der Waals surface area contributed by atoms with Crippen molar-refractivity contribution in [1.29, 1.82) is 5.26 Å². The van der Waals surface area contributed by atoms with Crippen LogP contribution in [0.1, 0.15) is 49.1 Å². The molecule has 1 aromatic carbocycles. The van der Waals surface area contributed by atoms with E-state index in [4.69, 9.17) is 14.8 Å². The van der Waals surface area contributed by atoms with E-state index in [1.54, 1.807) is 17.0 Å². The quantitative estimate of drug-likeness (QED) is 0.366. The Morgan fingerprint density at radius 1 is 1.23 bits per heavy atom. The molecule has 4 heterocycles. The molecule has 230 valence electrons. The lowest BCUT2D eigenvalue weighted by Gasteiger charge is -2.41. The summed E-state index contributed by atoms with van der Waals surface area (Å²) in [7, 11) is 1.90. The summed E-state index contributed by atoms with van der Waals surface area (Å²) >= 11 is 1.26. The Bertz CT molecular complexity index is 1620. The summed E-state index contributed by atoms with van der Waals surface area (Å²) in [6.07, 6.45) is 4.69. The number of ether oxygens (including phenoxy) is 1. The third-order valence-electron chi connectivity index (χ3n) is 8.52. The SMILES string of the molecule is C=Nc1nn(C2CC2)c(N(C)c2nc(-c3ccc(F)cc3)c(C#N)s2)c1/C=C(\C)N1CCN(C(=O)C2(O)CCOCC2)CC1. The summed E-state index contributed by atoms with van der Waals surface area (Å²) in [6, 6.07) is 8.44. The minimum atomic E-state index is -1.34. The van der Waals surface area contributed by atoms with Crippen molar-refractivity contribution < 1.29 is 19.0 Å². The highest BCUT2D eigenvalue weighted by molar-refractivity contribution is 7.16. The van der Waals surface area contributed by atoms with Gasteiger partial charge in [-0.25, -0.2) is 19.0 Å². The highest BCUT2D eigenvalue weighted by Gasteiger charge is 2.41. The molecule has 0 bridgehead atoms. The molecule has 1 amide bonds. The van der Waals surface area contributed by atoms with Crippen molar-refractivity contribution in [2.24, 2.45) is 4.99 Å². The van der Waals surface area contributed by atoms with Crippen LogP contribution in [-0.4, -0.2) is 94.3 Å². The van der Waals surface area contributed by atoms with Crippen LogP contribution in [0.4, 0.5) is 21.2 Å². The van der Waals surface area contributed by atoms with E-state index in [1.165, 1.54) is 23.5 Å². The maximum atomic E-state index is 13.6. The third-order valence-corrected chi connectivity index (χ3v) is 9.56. The summed E-state index contributed by atoms with van der Waals surface area (Å²) in [5.74, 6) is 0.738. The highest BCUT2D eigenvalue weighted by Crippen LogP contribution is 2.45. The maximum absolute atomic E-state index is 13.6. The van der Waals surface area contributed by atoms with Gasteiger partial charge in [0.05, 0.1) is 11.6 Å². The number of benzene rings is 1. The predicted octanol–water partition coefficient (Wildman–Crippen LogP) is 4.50. The molecular weight excluding hydrogens is 583 g/mol. The highest BCUT2D eigenvalue weighted by atomic mass is 32.1. The van der Waals surface area contributed by atoms with Crippen molar-refractivity contribution in [1.82, 2.24) is 24.6 Å². The van der Waals surface area contributed by atoms with Crippen LogP contribution in [0.5, 0.6) is 0 Å². The number of amides is 1. The minimum Gasteiger partial charge on any atom is -0.381 e. The van der Waals surface area contributed by atoms with E-state index in [2.05, 4.69) is 22.7 Å². The number of hydrogen-bond acceptors (Lipinski definition) is 10. The first-order valence-corrected chi connectivity index (χ1v) is 15.6. The van der Waals surface area contributed by atoms with Crippen molar-refractivity contribution in [3.63, 3.8) is 0 Å². The maximum Gasteiger partial charge on any atom is 0.254 e. The Labute approximate surface area is 259 Å². The van der Waals surface area contributed by atoms with Crippen molar-refractivity contribution in [3.05, 3.63) is 46.2 Å². The molecule has 0 atom stereocenters. The number of carbonyl (C=O) groups is 1. The molecule has 0 unspecified atom stereocenters. The van der Waals surface area contributed by atoms with Crippen LogP contribution >= 0.6 is 11.3 Å². The number of rotatable bonds is 8. The second kappa shape index (κ2) is 12.1. The van der Waals surface area contributed by atoms with Gasteiger partial charge in [0.2, 0.25) is 0 Å². The minimum absolute atomic E-state index is 0.213. The van der Waals surface area contributed by atoms with Gasteiger partial charge in [0.15, 0.2) is 10.9 Å². The van der Waals surface area contributed by atoms with Gasteiger partial charge in [-0.3, -0.25) is 4.79 Å². The smallest absolute Gasteiger partial charge is 0.254 e. The molecule has 3 aliphatic rings. The molecule has 11 nitrogen and oxygen atoms in total. The zero-order valence-corrected chi connectivity index (χ0v) is 25.7. The summed E-state index contributed by atoms with van der Waals surface area (Å²) < 4.78 is 20.9. The molecule has 3 fully saturated rings. The van der Waals surface area contributed by atoms with Gasteiger partial charge in [-0.15, -0.1) is 0 Å². The summed E-state index contributed by atoms with van der Waals surface area (Å²) in [4.78, 5) is 28.5. The number of piperazine rings is 1. The Balaban J connectivity index is 1.28. The Morgan fingerprint density at radius 2 is 1.89 bits per heavy atom. The van der Waals surface area contributed by atoms with Crippen molar-refractivity contribution in [2.75, 3.05) is 51.3 Å². The van der Waals surface area contributed by atoms with Crippen LogP contribution < -0.4 is 4.90 Å². The normalized spacial score (nSPS) is 18.7. The largest absolute Gasteiger partial charge is 0.381 e. The lowest BCUT2D eigenvalue weighted by molar-refractivity contribution is -0.162. The van der Waals surface area contributed by atoms with Gasteiger partial charge in [-0.2, -0.15) is 10.4 Å². The Morgan fingerprint density at radius 3 is 2.50 bits per heavy atom. The average molecular weight is 619 g/mol. The number of hydrogen-bond donors (Lipinski definition) is 1. The van der Waals surface area contributed by atoms with Gasteiger partial charge in [0.1, 0.15) is 33.9 Å². The number of allylic oxidation sites excluding steroid dienone is 1. The lowest BCUT2D eigenvalue weighted by atomic mass is 9.92. The van der Waals surface area contributed by atoms with E-state index in [0.717, 1.165) is 29.9 Å². The topological polar surface area (TPSA) is 123 Å². The van der Waals surface area contributed by atoms with Gasteiger partial charge < -0.3 is 24.5 Å². The molecule has 0 spiro atoms. The van der Waals surface area contributed by atoms with E-state index in [1.807, 2.05) is 29.6 Å². The number of aromatic nitrogens is 3. The number of aliphatic imine (C=N–C) groups is 1. The molecule has 1 N–H and O–H groups in total. The van der Waals surface area contributed by atoms with Gasteiger partial charge in [0, 0.05) is 70.5 Å². The van der Waals surface area contributed by atoms with Crippen LogP contribution in [0.15, 0.2) is 35.0 Å². The molecule has 2 aromatic heterocycles. The molecule has 44 heavy (non-hydrogen) atoms. The van der Waals surface area contributed by atoms with E-state index in [0.29, 0.717) is 79.3 Å². The van der Waals surface area contributed by atoms with E-state index >= 15 is 0 Å². The summed E-state index contributed by atoms with van der Waals surface area (Å²) in [6.45, 7) is 8.86. The number of halogens is 1. The molecule has 2 saturated heterocycles. The first-order valence-electron chi connectivity index (χ1n) is 14.7. The molecule has 13 heteroatoms. The molecule has 0 radical (unpaired) electrons. The van der Waals surface area contributed by atoms with Crippen LogP contribution in [0.3, 0.4) is 0 Å². The number of thiazole rings is 1. The van der Waals surface area contributed by atoms with E-state index in [-0.39, 0.29) is 17.8 Å². The molecular formula is C31H35FN8O3S. The van der Waals surface area contributed by atoms with Gasteiger partial charge in [-0.1, -0.05) is 11.3 Å². The van der Waals surface area contributed by atoms with Crippen molar-refractivity contribution in [2.45, 2.75) is 44.2 Å². The van der Waals surface area contributed by atoms with Crippen LogP contribution in [0.2, 0.25) is 0 Å². The van der Waals surface area contributed by atoms with Crippen LogP contribution in [0, 0.1) is 17.1 Å². The number of nitrogens with zero attached hydrogens (tertiary/aromatic N) is 8. The number of aliphatic hydroxyl groups is 1.